The summed E-state index contributed by atoms with van der Waals surface area (Å²) in [6.07, 6.45) is 3.98. The van der Waals surface area contributed by atoms with Crippen LogP contribution in [0.25, 0.3) is 0 Å². The third-order valence-electron chi connectivity index (χ3n) is 5.91. The number of hydrogen-bond donors (Lipinski definition) is 1. The number of nitrogens with one attached hydrogen (secondary N) is 1. The summed E-state index contributed by atoms with van der Waals surface area (Å²) in [7, 11) is 0. The molecule has 0 spiro atoms. The minimum absolute atomic E-state index is 0.00539. The summed E-state index contributed by atoms with van der Waals surface area (Å²) in [5, 5.41) is 2.87. The summed E-state index contributed by atoms with van der Waals surface area (Å²) in [5.41, 5.74) is 4.02. The van der Waals surface area contributed by atoms with E-state index in [-0.39, 0.29) is 12.0 Å². The highest BCUT2D eigenvalue weighted by molar-refractivity contribution is 5.98. The quantitative estimate of drug-likeness (QED) is 0.885. The van der Waals surface area contributed by atoms with E-state index in [4.69, 9.17) is 14.5 Å². The maximum absolute atomic E-state index is 11.9. The van der Waals surface area contributed by atoms with Gasteiger partial charge >= 0.3 is 0 Å². The van der Waals surface area contributed by atoms with Gasteiger partial charge in [-0.05, 0) is 29.7 Å². The van der Waals surface area contributed by atoms with Gasteiger partial charge in [-0.1, -0.05) is 13.0 Å². The third-order valence-corrected chi connectivity index (χ3v) is 5.91. The van der Waals surface area contributed by atoms with Gasteiger partial charge < -0.3 is 19.7 Å². The summed E-state index contributed by atoms with van der Waals surface area (Å²) in [4.78, 5) is 19.1. The van der Waals surface area contributed by atoms with Crippen LogP contribution in [0.15, 0.2) is 24.3 Å². The van der Waals surface area contributed by atoms with Crippen LogP contribution < -0.4 is 19.7 Å². The van der Waals surface area contributed by atoms with Gasteiger partial charge in [0.1, 0.15) is 23.4 Å². The van der Waals surface area contributed by atoms with E-state index < -0.39 is 0 Å². The predicted molar refractivity (Wildman–Crippen MR) is 106 cm³/mol. The van der Waals surface area contributed by atoms with Gasteiger partial charge in [-0.15, -0.1) is 0 Å². The highest BCUT2D eigenvalue weighted by Crippen LogP contribution is 2.32. The lowest BCUT2D eigenvalue weighted by Gasteiger charge is -2.34. The van der Waals surface area contributed by atoms with E-state index in [1.54, 1.807) is 0 Å². The molecule has 1 fully saturated rings. The van der Waals surface area contributed by atoms with Crippen molar-refractivity contribution in [1.29, 1.82) is 0 Å². The number of rotatable bonds is 4. The maximum atomic E-state index is 11.9. The van der Waals surface area contributed by atoms with Gasteiger partial charge in [0.05, 0.1) is 24.4 Å². The second-order valence-electron chi connectivity index (χ2n) is 7.67. The van der Waals surface area contributed by atoms with Gasteiger partial charge in [-0.2, -0.15) is 0 Å². The molecule has 1 amide bonds. The molecule has 0 unspecified atom stereocenters. The fraction of sp³-hybridized carbons (Fsp3) is 0.455. The summed E-state index contributed by atoms with van der Waals surface area (Å²) in [6.45, 7) is 5.24. The van der Waals surface area contributed by atoms with E-state index >= 15 is 0 Å². The lowest BCUT2D eigenvalue weighted by Crippen LogP contribution is -2.39. The lowest BCUT2D eigenvalue weighted by molar-refractivity contribution is 0.0965. The Kier molecular flexibility index (Phi) is 4.34. The number of amides is 1. The first-order valence-electron chi connectivity index (χ1n) is 10.2. The van der Waals surface area contributed by atoms with Crippen molar-refractivity contribution in [2.24, 2.45) is 0 Å². The van der Waals surface area contributed by atoms with E-state index in [1.165, 1.54) is 5.56 Å². The van der Waals surface area contributed by atoms with E-state index in [0.717, 1.165) is 79.5 Å². The van der Waals surface area contributed by atoms with E-state index in [1.807, 2.05) is 12.1 Å². The molecule has 1 aromatic heterocycles. The van der Waals surface area contributed by atoms with Crippen LogP contribution in [0.1, 0.15) is 46.9 Å². The molecule has 1 N–H and O–H groups in total. The molecule has 0 radical (unpaired) electrons. The van der Waals surface area contributed by atoms with E-state index in [0.29, 0.717) is 6.54 Å². The molecule has 6 nitrogen and oxygen atoms in total. The molecule has 6 heteroatoms. The molecule has 4 heterocycles. The monoisotopic (exact) mass is 379 g/mol. The summed E-state index contributed by atoms with van der Waals surface area (Å²) in [6, 6.07) is 8.22. The van der Waals surface area contributed by atoms with E-state index in [2.05, 4.69) is 29.3 Å². The van der Waals surface area contributed by atoms with Crippen LogP contribution in [-0.2, 0) is 19.4 Å². The zero-order chi connectivity index (χ0) is 19.1. The zero-order valence-electron chi connectivity index (χ0n) is 16.2. The first kappa shape index (κ1) is 17.3. The van der Waals surface area contributed by atoms with Crippen LogP contribution in [-0.4, -0.2) is 36.7 Å². The average Bonchev–Trinajstić information content (AvgIpc) is 3.34. The molecule has 146 valence electrons. The molecule has 0 atom stereocenters. The minimum Gasteiger partial charge on any atom is -0.493 e. The fourth-order valence-electron chi connectivity index (χ4n) is 4.30. The van der Waals surface area contributed by atoms with Crippen LogP contribution >= 0.6 is 0 Å². The summed E-state index contributed by atoms with van der Waals surface area (Å²) < 4.78 is 11.9. The van der Waals surface area contributed by atoms with Crippen LogP contribution in [0.2, 0.25) is 0 Å². The number of hydrogen-bond acceptors (Lipinski definition) is 5. The van der Waals surface area contributed by atoms with Gasteiger partial charge in [0.2, 0.25) is 0 Å². The van der Waals surface area contributed by atoms with Gasteiger partial charge in [0.15, 0.2) is 0 Å². The topological polar surface area (TPSA) is 63.7 Å². The van der Waals surface area contributed by atoms with Crippen molar-refractivity contribution >= 4 is 11.7 Å². The van der Waals surface area contributed by atoms with Crippen LogP contribution in [0.4, 0.5) is 5.82 Å². The Bertz CT molecular complexity index is 919. The van der Waals surface area contributed by atoms with Crippen molar-refractivity contribution in [3.63, 3.8) is 0 Å². The molecule has 28 heavy (non-hydrogen) atoms. The second kappa shape index (κ2) is 7.00. The standard InChI is InChI=1S/C22H25N3O3/c1-2-14-11-18-19(13-23-22(18)26)24-21(14)25-8-5-16(6-9-25)28-17-4-3-15-7-10-27-20(15)12-17/h3-4,11-12,16H,2,5-10,13H2,1H3,(H,23,26). The molecular formula is C22H25N3O3. The molecule has 0 saturated carbocycles. The Balaban J connectivity index is 1.27. The Morgan fingerprint density at radius 3 is 2.96 bits per heavy atom. The van der Waals surface area contributed by atoms with Crippen LogP contribution in [0.5, 0.6) is 11.5 Å². The largest absolute Gasteiger partial charge is 0.493 e. The normalized spacial score (nSPS) is 18.5. The number of benzene rings is 1. The predicted octanol–water partition coefficient (Wildman–Crippen LogP) is 2.87. The first-order chi connectivity index (χ1) is 13.7. The lowest BCUT2D eigenvalue weighted by atomic mass is 10.0. The smallest absolute Gasteiger partial charge is 0.253 e. The van der Waals surface area contributed by atoms with Crippen molar-refractivity contribution in [2.45, 2.75) is 45.3 Å². The summed E-state index contributed by atoms with van der Waals surface area (Å²) >= 11 is 0. The number of carbonyl (C=O) groups is 1. The Morgan fingerprint density at radius 2 is 2.14 bits per heavy atom. The SMILES string of the molecule is CCc1cc2c(nc1N1CCC(Oc3ccc4c(c3)OCC4)CC1)CNC2=O. The third kappa shape index (κ3) is 3.07. The van der Waals surface area contributed by atoms with Gasteiger partial charge in [0.25, 0.3) is 5.91 Å². The Labute approximate surface area is 164 Å². The van der Waals surface area contributed by atoms with Crippen molar-refractivity contribution < 1.29 is 14.3 Å². The average molecular weight is 379 g/mol. The van der Waals surface area contributed by atoms with Gasteiger partial charge in [0, 0.05) is 38.4 Å². The number of nitrogens with zero attached hydrogens (tertiary/aromatic N) is 2. The molecule has 1 aromatic carbocycles. The molecule has 3 aliphatic heterocycles. The number of anilines is 1. The number of piperidine rings is 1. The number of fused-ring (bicyclic) bond motifs is 2. The molecule has 2 aromatic rings. The molecular weight excluding hydrogens is 354 g/mol. The molecule has 5 rings (SSSR count). The number of pyridine rings is 1. The van der Waals surface area contributed by atoms with Crippen molar-refractivity contribution in [3.8, 4) is 11.5 Å². The van der Waals surface area contributed by atoms with Crippen molar-refractivity contribution in [3.05, 3.63) is 46.6 Å². The minimum atomic E-state index is -0.00539. The zero-order valence-corrected chi connectivity index (χ0v) is 16.2. The van der Waals surface area contributed by atoms with Gasteiger partial charge in [-0.25, -0.2) is 4.98 Å². The van der Waals surface area contributed by atoms with Crippen molar-refractivity contribution in [1.82, 2.24) is 10.3 Å². The van der Waals surface area contributed by atoms with Crippen LogP contribution in [0.3, 0.4) is 0 Å². The maximum Gasteiger partial charge on any atom is 0.253 e. The van der Waals surface area contributed by atoms with E-state index in [9.17, 15) is 4.79 Å². The van der Waals surface area contributed by atoms with Gasteiger partial charge in [-0.3, -0.25) is 4.79 Å². The van der Waals surface area contributed by atoms with Crippen LogP contribution in [0, 0.1) is 0 Å². The molecule has 0 bridgehead atoms. The number of aromatic nitrogens is 1. The second-order valence-corrected chi connectivity index (χ2v) is 7.67. The first-order valence-corrected chi connectivity index (χ1v) is 10.2. The molecule has 1 saturated heterocycles. The Hall–Kier alpha value is -2.76. The number of carbonyl (C=O) groups excluding carboxylic acids is 1. The van der Waals surface area contributed by atoms with Crippen molar-refractivity contribution in [2.75, 3.05) is 24.6 Å². The Morgan fingerprint density at radius 1 is 1.29 bits per heavy atom. The fourth-order valence-corrected chi connectivity index (χ4v) is 4.30. The number of aryl methyl sites for hydroxylation is 1. The number of ether oxygens (including phenoxy) is 2. The molecule has 0 aliphatic carbocycles. The summed E-state index contributed by atoms with van der Waals surface area (Å²) in [5.74, 6) is 2.89. The molecule has 3 aliphatic rings. The highest BCUT2D eigenvalue weighted by Gasteiger charge is 2.27. The highest BCUT2D eigenvalue weighted by atomic mass is 16.5.